The summed E-state index contributed by atoms with van der Waals surface area (Å²) in [7, 11) is 0. The maximum Gasteiger partial charge on any atom is 0.0129 e. The lowest BCUT2D eigenvalue weighted by Gasteiger charge is -2.09. The van der Waals surface area contributed by atoms with E-state index in [4.69, 9.17) is 11.8 Å². The van der Waals surface area contributed by atoms with Crippen LogP contribution in [0.5, 0.6) is 0 Å². The first-order chi connectivity index (χ1) is 3.89. The molecule has 1 fully saturated rings. The van der Waals surface area contributed by atoms with Crippen LogP contribution in [0.2, 0.25) is 0 Å². The molecule has 0 spiro atoms. The third kappa shape index (κ3) is 1.96. The minimum absolute atomic E-state index is 0.969. The minimum Gasteiger partial charge on any atom is -0.227 e. The Bertz CT molecular complexity index is 60.3. The fourth-order valence-corrected chi connectivity index (χ4v) is 0.829. The molecule has 4 heteroatoms. The standard InChI is InChI=1S/C4H10ClN3/c5-8-6-3-1-2-4-7-8/h6-7H,1-4H2. The van der Waals surface area contributed by atoms with Gasteiger partial charge >= 0.3 is 0 Å². The van der Waals surface area contributed by atoms with Crippen molar-refractivity contribution in [2.45, 2.75) is 12.8 Å². The van der Waals surface area contributed by atoms with Gasteiger partial charge < -0.3 is 0 Å². The number of nitrogens with zero attached hydrogens (tertiary/aromatic N) is 1. The SMILES string of the molecule is ClN1NCCCCN1. The highest BCUT2D eigenvalue weighted by Gasteiger charge is 2.01. The summed E-state index contributed by atoms with van der Waals surface area (Å²) in [4.78, 5) is 0. The molecule has 0 aliphatic carbocycles. The highest BCUT2D eigenvalue weighted by Crippen LogP contribution is 1.92. The molecular formula is C4H10ClN3. The van der Waals surface area contributed by atoms with Crippen molar-refractivity contribution < 1.29 is 0 Å². The van der Waals surface area contributed by atoms with Gasteiger partial charge in [-0.25, -0.2) is 10.9 Å². The predicted molar refractivity (Wildman–Crippen MR) is 32.9 cm³/mol. The van der Waals surface area contributed by atoms with Crippen molar-refractivity contribution in [3.05, 3.63) is 0 Å². The summed E-state index contributed by atoms with van der Waals surface area (Å²) in [5.74, 6) is 0. The number of hydrogen-bond donors (Lipinski definition) is 2. The zero-order valence-corrected chi connectivity index (χ0v) is 5.41. The molecule has 1 heterocycles. The second kappa shape index (κ2) is 3.25. The zero-order chi connectivity index (χ0) is 5.82. The van der Waals surface area contributed by atoms with Crippen molar-refractivity contribution in [2.75, 3.05) is 13.1 Å². The van der Waals surface area contributed by atoms with Crippen LogP contribution in [0.25, 0.3) is 0 Å². The van der Waals surface area contributed by atoms with E-state index in [-0.39, 0.29) is 0 Å². The molecule has 48 valence electrons. The molecule has 2 N–H and O–H groups in total. The molecule has 3 nitrogen and oxygen atoms in total. The predicted octanol–water partition coefficient (Wildman–Crippen LogP) is 0.245. The number of hydrazine groups is 2. The van der Waals surface area contributed by atoms with Gasteiger partial charge in [-0.3, -0.25) is 0 Å². The Hall–Kier alpha value is 0.170. The molecule has 0 unspecified atom stereocenters. The monoisotopic (exact) mass is 135 g/mol. The molecule has 0 saturated carbocycles. The first-order valence-electron chi connectivity index (χ1n) is 2.82. The van der Waals surface area contributed by atoms with Crippen LogP contribution in [0, 0.1) is 0 Å². The van der Waals surface area contributed by atoms with Crippen LogP contribution in [-0.4, -0.2) is 17.7 Å². The van der Waals surface area contributed by atoms with Crippen molar-refractivity contribution in [1.29, 1.82) is 0 Å². The number of halogens is 1. The Morgan fingerprint density at radius 3 is 2.12 bits per heavy atom. The van der Waals surface area contributed by atoms with E-state index in [1.54, 1.807) is 0 Å². The summed E-state index contributed by atoms with van der Waals surface area (Å²) in [5.41, 5.74) is 5.86. The average Bonchev–Trinajstić information content (AvgIpc) is 1.94. The molecule has 0 atom stereocenters. The van der Waals surface area contributed by atoms with E-state index < -0.39 is 0 Å². The minimum atomic E-state index is 0.969. The molecular weight excluding hydrogens is 126 g/mol. The second-order valence-electron chi connectivity index (χ2n) is 1.80. The highest BCUT2D eigenvalue weighted by atomic mass is 35.5. The largest absolute Gasteiger partial charge is 0.227 e. The number of rotatable bonds is 0. The summed E-state index contributed by atoms with van der Waals surface area (Å²) in [5, 5.41) is 0. The van der Waals surface area contributed by atoms with Crippen LogP contribution in [0.3, 0.4) is 0 Å². The molecule has 1 saturated heterocycles. The van der Waals surface area contributed by atoms with Crippen molar-refractivity contribution in [1.82, 2.24) is 15.5 Å². The van der Waals surface area contributed by atoms with E-state index in [2.05, 4.69) is 10.9 Å². The summed E-state index contributed by atoms with van der Waals surface area (Å²) >= 11 is 5.53. The van der Waals surface area contributed by atoms with Gasteiger partial charge in [0.15, 0.2) is 0 Å². The summed E-state index contributed by atoms with van der Waals surface area (Å²) in [6.07, 6.45) is 2.38. The van der Waals surface area contributed by atoms with Gasteiger partial charge in [-0.1, -0.05) is 4.64 Å². The van der Waals surface area contributed by atoms with Crippen LogP contribution < -0.4 is 10.9 Å². The lowest BCUT2D eigenvalue weighted by atomic mass is 10.3. The molecule has 1 rings (SSSR count). The lowest BCUT2D eigenvalue weighted by Crippen LogP contribution is -2.38. The maximum atomic E-state index is 5.53. The molecule has 8 heavy (non-hydrogen) atoms. The van der Waals surface area contributed by atoms with Gasteiger partial charge in [0.2, 0.25) is 0 Å². The summed E-state index contributed by atoms with van der Waals surface area (Å²) in [6.45, 7) is 1.94. The van der Waals surface area contributed by atoms with Gasteiger partial charge in [-0.15, -0.1) is 0 Å². The molecule has 0 aromatic rings. The Morgan fingerprint density at radius 2 is 1.62 bits per heavy atom. The van der Waals surface area contributed by atoms with E-state index >= 15 is 0 Å². The van der Waals surface area contributed by atoms with Gasteiger partial charge in [0.1, 0.15) is 0 Å². The summed E-state index contributed by atoms with van der Waals surface area (Å²) in [6, 6.07) is 0. The van der Waals surface area contributed by atoms with E-state index in [9.17, 15) is 0 Å². The van der Waals surface area contributed by atoms with Gasteiger partial charge in [0.05, 0.1) is 0 Å². The molecule has 0 amide bonds. The normalized spacial score (nSPS) is 25.1. The van der Waals surface area contributed by atoms with E-state index in [0.717, 1.165) is 13.1 Å². The van der Waals surface area contributed by atoms with Crippen LogP contribution >= 0.6 is 11.8 Å². The Balaban J connectivity index is 2.17. The van der Waals surface area contributed by atoms with Gasteiger partial charge in [-0.05, 0) is 12.8 Å². The molecule has 1 aliphatic rings. The Labute approximate surface area is 54.0 Å². The van der Waals surface area contributed by atoms with Crippen molar-refractivity contribution in [3.63, 3.8) is 0 Å². The number of hydrogen-bond acceptors (Lipinski definition) is 3. The van der Waals surface area contributed by atoms with E-state index in [1.165, 1.54) is 17.5 Å². The fraction of sp³-hybridized carbons (Fsp3) is 1.00. The molecule has 1 aliphatic heterocycles. The fourth-order valence-electron chi connectivity index (χ4n) is 0.660. The van der Waals surface area contributed by atoms with Gasteiger partial charge in [0.25, 0.3) is 0 Å². The second-order valence-corrected chi connectivity index (χ2v) is 2.14. The zero-order valence-electron chi connectivity index (χ0n) is 4.65. The van der Waals surface area contributed by atoms with Crippen molar-refractivity contribution in [2.24, 2.45) is 0 Å². The third-order valence-electron chi connectivity index (χ3n) is 1.10. The van der Waals surface area contributed by atoms with Crippen LogP contribution in [-0.2, 0) is 0 Å². The average molecular weight is 136 g/mol. The topological polar surface area (TPSA) is 27.3 Å². The Morgan fingerprint density at radius 1 is 1.12 bits per heavy atom. The van der Waals surface area contributed by atoms with E-state index in [0.29, 0.717) is 0 Å². The molecule has 0 aromatic heterocycles. The van der Waals surface area contributed by atoms with Crippen molar-refractivity contribution >= 4 is 11.8 Å². The van der Waals surface area contributed by atoms with Gasteiger partial charge in [-0.2, -0.15) is 0 Å². The number of nitrogens with one attached hydrogen (secondary N) is 2. The Kier molecular flexibility index (Phi) is 2.55. The van der Waals surface area contributed by atoms with Gasteiger partial charge in [0, 0.05) is 24.9 Å². The first-order valence-corrected chi connectivity index (χ1v) is 3.16. The van der Waals surface area contributed by atoms with Crippen LogP contribution in [0.1, 0.15) is 12.8 Å². The molecule has 0 radical (unpaired) electrons. The van der Waals surface area contributed by atoms with Crippen LogP contribution in [0.4, 0.5) is 0 Å². The van der Waals surface area contributed by atoms with Crippen LogP contribution in [0.15, 0.2) is 0 Å². The first kappa shape index (κ1) is 6.29. The van der Waals surface area contributed by atoms with Crippen molar-refractivity contribution in [3.8, 4) is 0 Å². The molecule has 0 bridgehead atoms. The highest BCUT2D eigenvalue weighted by molar-refractivity contribution is 6.12. The summed E-state index contributed by atoms with van der Waals surface area (Å²) < 4.78 is 1.40. The smallest absolute Gasteiger partial charge is 0.0129 e. The molecule has 0 aromatic carbocycles. The van der Waals surface area contributed by atoms with E-state index in [1.807, 2.05) is 0 Å². The third-order valence-corrected chi connectivity index (χ3v) is 1.34. The lowest BCUT2D eigenvalue weighted by molar-refractivity contribution is 0.273. The quantitative estimate of drug-likeness (QED) is 0.467. The maximum absolute atomic E-state index is 5.53.